The van der Waals surface area contributed by atoms with Crippen molar-refractivity contribution in [1.29, 1.82) is 0 Å². The SMILES string of the molecule is O=[N+]([O-])c1cc(Cl)c(Cl)cc1Oc1cc(F)cc(Br)c1. The fourth-order valence-corrected chi connectivity index (χ4v) is 2.21. The average Bonchev–Trinajstić information content (AvgIpc) is 2.31. The molecule has 0 saturated carbocycles. The number of nitro groups is 1. The first kappa shape index (κ1) is 15.0. The van der Waals surface area contributed by atoms with Crippen LogP contribution < -0.4 is 4.74 Å². The van der Waals surface area contributed by atoms with Crippen molar-refractivity contribution in [3.8, 4) is 11.5 Å². The van der Waals surface area contributed by atoms with Gasteiger partial charge in [-0.05, 0) is 12.1 Å². The van der Waals surface area contributed by atoms with Crippen molar-refractivity contribution in [2.75, 3.05) is 0 Å². The molecule has 2 aromatic carbocycles. The number of hydrogen-bond donors (Lipinski definition) is 0. The van der Waals surface area contributed by atoms with Gasteiger partial charge in [0.1, 0.15) is 11.6 Å². The Labute approximate surface area is 131 Å². The van der Waals surface area contributed by atoms with Gasteiger partial charge in [-0.3, -0.25) is 10.1 Å². The average molecular weight is 381 g/mol. The molecule has 0 aliphatic carbocycles. The lowest BCUT2D eigenvalue weighted by Gasteiger charge is -2.08. The van der Waals surface area contributed by atoms with E-state index in [2.05, 4.69) is 15.9 Å². The predicted octanol–water partition coefficient (Wildman–Crippen LogP) is 5.60. The zero-order valence-electron chi connectivity index (χ0n) is 9.57. The van der Waals surface area contributed by atoms with Crippen LogP contribution in [0.4, 0.5) is 10.1 Å². The second kappa shape index (κ2) is 5.95. The van der Waals surface area contributed by atoms with Crippen LogP contribution >= 0.6 is 39.1 Å². The molecule has 2 rings (SSSR count). The molecule has 8 heteroatoms. The highest BCUT2D eigenvalue weighted by atomic mass is 79.9. The molecule has 104 valence electrons. The second-order valence-electron chi connectivity index (χ2n) is 3.70. The number of halogens is 4. The summed E-state index contributed by atoms with van der Waals surface area (Å²) in [6.45, 7) is 0. The first-order chi connectivity index (χ1) is 9.36. The van der Waals surface area contributed by atoms with Gasteiger partial charge >= 0.3 is 5.69 Å². The van der Waals surface area contributed by atoms with Crippen LogP contribution in [-0.4, -0.2) is 4.92 Å². The molecule has 0 aliphatic rings. The highest BCUT2D eigenvalue weighted by molar-refractivity contribution is 9.10. The second-order valence-corrected chi connectivity index (χ2v) is 5.43. The molecule has 0 aliphatic heterocycles. The summed E-state index contributed by atoms with van der Waals surface area (Å²) in [6.07, 6.45) is 0. The molecule has 0 unspecified atom stereocenters. The number of hydrogen-bond acceptors (Lipinski definition) is 3. The van der Waals surface area contributed by atoms with Crippen molar-refractivity contribution < 1.29 is 14.1 Å². The van der Waals surface area contributed by atoms with Gasteiger partial charge in [-0.2, -0.15) is 0 Å². The number of nitrogens with zero attached hydrogens (tertiary/aromatic N) is 1. The normalized spacial score (nSPS) is 10.4. The zero-order chi connectivity index (χ0) is 14.9. The Bertz CT molecular complexity index is 676. The van der Waals surface area contributed by atoms with Crippen LogP contribution in [-0.2, 0) is 0 Å². The van der Waals surface area contributed by atoms with Gasteiger partial charge in [0.05, 0.1) is 15.0 Å². The van der Waals surface area contributed by atoms with Crippen LogP contribution in [0.5, 0.6) is 11.5 Å². The Morgan fingerprint density at radius 2 is 1.80 bits per heavy atom. The molecular weight excluding hydrogens is 376 g/mol. The first-order valence-electron chi connectivity index (χ1n) is 5.14. The largest absolute Gasteiger partial charge is 0.450 e. The first-order valence-corrected chi connectivity index (χ1v) is 6.69. The maximum Gasteiger partial charge on any atom is 0.313 e. The minimum absolute atomic E-state index is 0.0335. The zero-order valence-corrected chi connectivity index (χ0v) is 12.7. The van der Waals surface area contributed by atoms with Gasteiger partial charge < -0.3 is 4.74 Å². The summed E-state index contributed by atoms with van der Waals surface area (Å²) in [4.78, 5) is 10.3. The van der Waals surface area contributed by atoms with Crippen LogP contribution in [0.3, 0.4) is 0 Å². The fraction of sp³-hybridized carbons (Fsp3) is 0. The molecule has 4 nitrogen and oxygen atoms in total. The molecule has 0 atom stereocenters. The lowest BCUT2D eigenvalue weighted by Crippen LogP contribution is -1.94. The summed E-state index contributed by atoms with van der Waals surface area (Å²) in [5, 5.41) is 11.1. The Morgan fingerprint density at radius 3 is 2.40 bits per heavy atom. The van der Waals surface area contributed by atoms with Crippen LogP contribution in [0.1, 0.15) is 0 Å². The summed E-state index contributed by atoms with van der Waals surface area (Å²) in [6, 6.07) is 6.08. The van der Waals surface area contributed by atoms with E-state index in [1.54, 1.807) is 0 Å². The Morgan fingerprint density at radius 1 is 1.15 bits per heavy atom. The summed E-state index contributed by atoms with van der Waals surface area (Å²) in [5.41, 5.74) is -0.361. The van der Waals surface area contributed by atoms with Crippen LogP contribution in [0.2, 0.25) is 10.0 Å². The Balaban J connectivity index is 2.47. The molecule has 0 spiro atoms. The quantitative estimate of drug-likeness (QED) is 0.514. The lowest BCUT2D eigenvalue weighted by molar-refractivity contribution is -0.385. The topological polar surface area (TPSA) is 52.4 Å². The van der Waals surface area contributed by atoms with Gasteiger partial charge in [-0.25, -0.2) is 4.39 Å². The Kier molecular flexibility index (Phi) is 4.47. The Hall–Kier alpha value is -1.37. The summed E-state index contributed by atoms with van der Waals surface area (Å²) < 4.78 is 19.0. The van der Waals surface area contributed by atoms with Crippen LogP contribution in [0, 0.1) is 15.9 Å². The van der Waals surface area contributed by atoms with E-state index in [0.29, 0.717) is 4.47 Å². The van der Waals surface area contributed by atoms with E-state index in [-0.39, 0.29) is 27.2 Å². The third-order valence-corrected chi connectivity index (χ3v) is 3.44. The summed E-state index contributed by atoms with van der Waals surface area (Å²) in [5.74, 6) is -0.572. The number of benzene rings is 2. The summed E-state index contributed by atoms with van der Waals surface area (Å²) >= 11 is 14.6. The summed E-state index contributed by atoms with van der Waals surface area (Å²) in [7, 11) is 0. The van der Waals surface area contributed by atoms with E-state index in [1.165, 1.54) is 18.2 Å². The minimum atomic E-state index is -0.661. The third-order valence-electron chi connectivity index (χ3n) is 2.26. The van der Waals surface area contributed by atoms with Crippen molar-refractivity contribution in [3.63, 3.8) is 0 Å². The van der Waals surface area contributed by atoms with Gasteiger partial charge in [0.15, 0.2) is 0 Å². The van der Waals surface area contributed by atoms with E-state index < -0.39 is 10.7 Å². The van der Waals surface area contributed by atoms with Gasteiger partial charge in [0.2, 0.25) is 5.75 Å². The van der Waals surface area contributed by atoms with E-state index in [1.807, 2.05) is 0 Å². The van der Waals surface area contributed by atoms with Gasteiger partial charge in [-0.1, -0.05) is 39.1 Å². The number of rotatable bonds is 3. The third kappa shape index (κ3) is 3.39. The standard InChI is InChI=1S/C12H5BrCl2FNO3/c13-6-1-7(16)3-8(2-6)20-12-5-10(15)9(14)4-11(12)17(18)19/h1-5H. The van der Waals surface area contributed by atoms with E-state index in [9.17, 15) is 14.5 Å². The van der Waals surface area contributed by atoms with E-state index >= 15 is 0 Å². The highest BCUT2D eigenvalue weighted by Gasteiger charge is 2.19. The molecule has 0 saturated heterocycles. The lowest BCUT2D eigenvalue weighted by atomic mass is 10.3. The van der Waals surface area contributed by atoms with E-state index in [4.69, 9.17) is 27.9 Å². The smallest absolute Gasteiger partial charge is 0.313 e. The van der Waals surface area contributed by atoms with Gasteiger partial charge in [0, 0.05) is 22.7 Å². The van der Waals surface area contributed by atoms with Crippen molar-refractivity contribution in [2.45, 2.75) is 0 Å². The number of nitro benzene ring substituents is 1. The molecule has 0 aromatic heterocycles. The van der Waals surface area contributed by atoms with Crippen molar-refractivity contribution in [3.05, 3.63) is 60.8 Å². The van der Waals surface area contributed by atoms with Gasteiger partial charge in [-0.15, -0.1) is 0 Å². The van der Waals surface area contributed by atoms with E-state index in [0.717, 1.165) is 12.1 Å². The molecule has 20 heavy (non-hydrogen) atoms. The van der Waals surface area contributed by atoms with Gasteiger partial charge in [0.25, 0.3) is 0 Å². The molecule has 0 bridgehead atoms. The monoisotopic (exact) mass is 379 g/mol. The van der Waals surface area contributed by atoms with Crippen molar-refractivity contribution in [1.82, 2.24) is 0 Å². The molecule has 0 fully saturated rings. The molecule has 0 N–H and O–H groups in total. The molecule has 0 heterocycles. The van der Waals surface area contributed by atoms with Crippen LogP contribution in [0.25, 0.3) is 0 Å². The highest BCUT2D eigenvalue weighted by Crippen LogP contribution is 2.38. The maximum absolute atomic E-state index is 13.2. The van der Waals surface area contributed by atoms with Crippen LogP contribution in [0.15, 0.2) is 34.8 Å². The molecule has 0 radical (unpaired) electrons. The molecule has 2 aromatic rings. The van der Waals surface area contributed by atoms with Crippen molar-refractivity contribution >= 4 is 44.8 Å². The number of ether oxygens (including phenoxy) is 1. The predicted molar refractivity (Wildman–Crippen MR) is 77.3 cm³/mol. The maximum atomic E-state index is 13.2. The minimum Gasteiger partial charge on any atom is -0.450 e. The molecular formula is C12H5BrCl2FNO3. The fourth-order valence-electron chi connectivity index (χ4n) is 1.46. The molecule has 0 amide bonds. The van der Waals surface area contributed by atoms with Crippen molar-refractivity contribution in [2.24, 2.45) is 0 Å².